The van der Waals surface area contributed by atoms with Crippen LogP contribution in [0, 0.1) is 23.2 Å². The van der Waals surface area contributed by atoms with Crippen LogP contribution in [0.4, 0.5) is 0 Å². The lowest BCUT2D eigenvalue weighted by Gasteiger charge is -2.55. The summed E-state index contributed by atoms with van der Waals surface area (Å²) in [5, 5.41) is 4.80. The van der Waals surface area contributed by atoms with E-state index < -0.39 is 0 Å². The zero-order valence-electron chi connectivity index (χ0n) is 19.8. The minimum Gasteiger partial charge on any atom is -0.353 e. The average Bonchev–Trinajstić information content (AvgIpc) is 3.15. The summed E-state index contributed by atoms with van der Waals surface area (Å²) >= 11 is 0. The number of para-hydroxylation sites is 1. The molecule has 1 unspecified atom stereocenters. The van der Waals surface area contributed by atoms with E-state index in [4.69, 9.17) is 0 Å². The van der Waals surface area contributed by atoms with E-state index >= 15 is 0 Å². The first-order valence-electron chi connectivity index (χ1n) is 13.0. The highest BCUT2D eigenvalue weighted by Crippen LogP contribution is 2.60. The van der Waals surface area contributed by atoms with Crippen LogP contribution in [-0.2, 0) is 17.8 Å². The molecule has 0 spiro atoms. The largest absolute Gasteiger partial charge is 0.353 e. The zero-order valence-corrected chi connectivity index (χ0v) is 19.8. The molecule has 1 heterocycles. The summed E-state index contributed by atoms with van der Waals surface area (Å²) in [7, 11) is 0. The Hall–Kier alpha value is -2.55. The van der Waals surface area contributed by atoms with E-state index in [-0.39, 0.29) is 11.5 Å². The minimum atomic E-state index is -0.0469. The van der Waals surface area contributed by atoms with Crippen LogP contribution >= 0.6 is 0 Å². The lowest BCUT2D eigenvalue weighted by Crippen LogP contribution is -2.54. The Balaban J connectivity index is 1.13. The molecule has 7 rings (SSSR count). The first kappa shape index (κ1) is 21.0. The van der Waals surface area contributed by atoms with Gasteiger partial charge in [0.15, 0.2) is 0 Å². The summed E-state index contributed by atoms with van der Waals surface area (Å²) in [5.74, 6) is 2.80. The van der Waals surface area contributed by atoms with Gasteiger partial charge in [-0.2, -0.15) is 0 Å². The summed E-state index contributed by atoms with van der Waals surface area (Å²) in [4.78, 5) is 13.4. The predicted octanol–water partition coefficient (Wildman–Crippen LogP) is 6.34. The molecule has 172 valence electrons. The molecule has 4 fully saturated rings. The first-order valence-corrected chi connectivity index (χ1v) is 13.0. The second kappa shape index (κ2) is 8.34. The quantitative estimate of drug-likeness (QED) is 0.457. The van der Waals surface area contributed by atoms with Crippen molar-refractivity contribution in [2.24, 2.45) is 23.2 Å². The van der Waals surface area contributed by atoms with E-state index in [1.165, 1.54) is 41.3 Å². The van der Waals surface area contributed by atoms with Gasteiger partial charge in [0.1, 0.15) is 0 Å². The van der Waals surface area contributed by atoms with Gasteiger partial charge >= 0.3 is 0 Å². The van der Waals surface area contributed by atoms with Gasteiger partial charge in [0.25, 0.3) is 0 Å². The van der Waals surface area contributed by atoms with Crippen LogP contribution in [0.1, 0.15) is 63.0 Å². The Morgan fingerprint density at radius 1 is 0.970 bits per heavy atom. The van der Waals surface area contributed by atoms with Crippen molar-refractivity contribution in [1.29, 1.82) is 0 Å². The maximum Gasteiger partial charge on any atom is 0.226 e. The number of amides is 1. The van der Waals surface area contributed by atoms with Crippen LogP contribution in [0.5, 0.6) is 0 Å². The molecule has 2 aromatic carbocycles. The fraction of sp³-hybridized carbons (Fsp3) is 0.500. The molecule has 3 heteroatoms. The smallest absolute Gasteiger partial charge is 0.226 e. The van der Waals surface area contributed by atoms with Crippen molar-refractivity contribution >= 4 is 16.8 Å². The molecule has 3 aromatic rings. The second-order valence-corrected chi connectivity index (χ2v) is 11.4. The van der Waals surface area contributed by atoms with Crippen LogP contribution in [0.2, 0.25) is 0 Å². The average molecular weight is 441 g/mol. The molecule has 3 nitrogen and oxygen atoms in total. The third-order valence-corrected chi connectivity index (χ3v) is 8.81. The fourth-order valence-electron chi connectivity index (χ4n) is 7.64. The minimum absolute atomic E-state index is 0.0469. The lowest BCUT2D eigenvalue weighted by atomic mass is 9.49. The van der Waals surface area contributed by atoms with Crippen LogP contribution in [0.3, 0.4) is 0 Å². The first-order chi connectivity index (χ1) is 16.1. The van der Waals surface area contributed by atoms with E-state index in [2.05, 4.69) is 77.6 Å². The Morgan fingerprint density at radius 2 is 1.61 bits per heavy atom. The number of carbonyl (C=O) groups is 1. The van der Waals surface area contributed by atoms with Gasteiger partial charge in [-0.05, 0) is 93.2 Å². The van der Waals surface area contributed by atoms with Crippen molar-refractivity contribution in [3.05, 3.63) is 71.9 Å². The van der Waals surface area contributed by atoms with Gasteiger partial charge in [0.05, 0.1) is 0 Å². The van der Waals surface area contributed by atoms with E-state index in [0.29, 0.717) is 5.91 Å². The second-order valence-electron chi connectivity index (χ2n) is 11.4. The van der Waals surface area contributed by atoms with E-state index in [9.17, 15) is 4.79 Å². The number of hydrogen-bond acceptors (Lipinski definition) is 1. The van der Waals surface area contributed by atoms with Crippen molar-refractivity contribution in [2.75, 3.05) is 0 Å². The van der Waals surface area contributed by atoms with E-state index in [1.807, 2.05) is 0 Å². The molecule has 1 atom stereocenters. The number of aromatic nitrogens is 1. The van der Waals surface area contributed by atoms with Gasteiger partial charge in [-0.15, -0.1) is 0 Å². The van der Waals surface area contributed by atoms with Gasteiger partial charge in [0.2, 0.25) is 5.91 Å². The molecule has 0 radical (unpaired) electrons. The number of nitrogens with zero attached hydrogens (tertiary/aromatic N) is 1. The third kappa shape index (κ3) is 4.00. The van der Waals surface area contributed by atoms with E-state index in [1.54, 1.807) is 0 Å². The molecule has 4 aliphatic rings. The van der Waals surface area contributed by atoms with Gasteiger partial charge in [-0.1, -0.05) is 48.5 Å². The monoisotopic (exact) mass is 440 g/mol. The van der Waals surface area contributed by atoms with Crippen molar-refractivity contribution in [2.45, 2.75) is 70.9 Å². The maximum absolute atomic E-state index is 13.4. The van der Waals surface area contributed by atoms with Crippen molar-refractivity contribution in [3.8, 4) is 0 Å². The molecule has 1 amide bonds. The molecular formula is C30H36N2O. The Labute approximate surface area is 197 Å². The van der Waals surface area contributed by atoms with Gasteiger partial charge in [0, 0.05) is 35.1 Å². The number of fused-ring (bicyclic) bond motifs is 1. The predicted molar refractivity (Wildman–Crippen MR) is 134 cm³/mol. The van der Waals surface area contributed by atoms with Gasteiger partial charge in [-0.25, -0.2) is 0 Å². The summed E-state index contributed by atoms with van der Waals surface area (Å²) in [5.41, 5.74) is 3.95. The molecule has 0 saturated heterocycles. The standard InChI is InChI=1S/C30H36N2O/c1-21(31-29(33)30-16-23-13-24(17-30)15-25(14-23)18-30)11-12-26-20-32(19-22-7-3-2-4-8-22)28-10-6-5-9-27(26)28/h2-10,20-21,23-25H,11-19H2,1H3,(H,31,33). The number of rotatable bonds is 7. The number of aryl methyl sites for hydroxylation is 1. The molecule has 4 bridgehead atoms. The topological polar surface area (TPSA) is 34.0 Å². The Bertz CT molecular complexity index is 1110. The summed E-state index contributed by atoms with van der Waals surface area (Å²) < 4.78 is 2.37. The molecule has 1 N–H and O–H groups in total. The zero-order chi connectivity index (χ0) is 22.4. The van der Waals surface area contributed by atoms with Crippen molar-refractivity contribution < 1.29 is 4.79 Å². The highest BCUT2D eigenvalue weighted by atomic mass is 16.2. The molecule has 1 aromatic heterocycles. The normalized spacial score (nSPS) is 28.8. The molecular weight excluding hydrogens is 404 g/mol. The molecule has 33 heavy (non-hydrogen) atoms. The van der Waals surface area contributed by atoms with Crippen LogP contribution in [0.25, 0.3) is 10.9 Å². The summed E-state index contributed by atoms with van der Waals surface area (Å²) in [6.07, 6.45) is 11.9. The van der Waals surface area contributed by atoms with Crippen molar-refractivity contribution in [3.63, 3.8) is 0 Å². The number of carbonyl (C=O) groups excluding carboxylic acids is 1. The molecule has 4 saturated carbocycles. The fourth-order valence-corrected chi connectivity index (χ4v) is 7.64. The SMILES string of the molecule is CC(CCc1cn(Cc2ccccc2)c2ccccc12)NC(=O)C12CC3CC(CC(C3)C1)C2. The number of benzene rings is 2. The number of hydrogen-bond donors (Lipinski definition) is 1. The summed E-state index contributed by atoms with van der Waals surface area (Å²) in [6.45, 7) is 3.08. The summed E-state index contributed by atoms with van der Waals surface area (Å²) in [6, 6.07) is 19.6. The Morgan fingerprint density at radius 3 is 2.30 bits per heavy atom. The third-order valence-electron chi connectivity index (χ3n) is 8.81. The van der Waals surface area contributed by atoms with Crippen molar-refractivity contribution in [1.82, 2.24) is 9.88 Å². The molecule has 4 aliphatic carbocycles. The Kier molecular flexibility index (Phi) is 5.31. The highest BCUT2D eigenvalue weighted by Gasteiger charge is 2.54. The lowest BCUT2D eigenvalue weighted by molar-refractivity contribution is -0.146. The number of nitrogens with one attached hydrogen (secondary N) is 1. The maximum atomic E-state index is 13.4. The molecule has 0 aliphatic heterocycles. The van der Waals surface area contributed by atoms with Crippen LogP contribution < -0.4 is 5.32 Å². The van der Waals surface area contributed by atoms with Gasteiger partial charge in [-0.3, -0.25) is 4.79 Å². The van der Waals surface area contributed by atoms with Crippen LogP contribution in [0.15, 0.2) is 60.8 Å². The van der Waals surface area contributed by atoms with Gasteiger partial charge < -0.3 is 9.88 Å². The van der Waals surface area contributed by atoms with Crippen LogP contribution in [-0.4, -0.2) is 16.5 Å². The highest BCUT2D eigenvalue weighted by molar-refractivity contribution is 5.84. The van der Waals surface area contributed by atoms with E-state index in [0.717, 1.165) is 56.4 Å².